The molecule has 0 saturated heterocycles. The lowest BCUT2D eigenvalue weighted by Crippen LogP contribution is -2.29. The van der Waals surface area contributed by atoms with Gasteiger partial charge in [0.2, 0.25) is 0 Å². The highest BCUT2D eigenvalue weighted by Crippen LogP contribution is 2.40. The summed E-state index contributed by atoms with van der Waals surface area (Å²) in [6.45, 7) is 3.79. The first-order chi connectivity index (χ1) is 21.6. The Kier molecular flexibility index (Phi) is 7.72. The SMILES string of the molecule is Cc1cc(C)cc(NC(=O)/C(C#N)=C/c2ccc(Sc3nc4ccc(N5C(=O)c6ccccc6C5=O)cc4s3)c([N+](=O)[O-])c2)c1. The van der Waals surface area contributed by atoms with Crippen LogP contribution in [0.25, 0.3) is 16.3 Å². The molecule has 0 unspecified atom stereocenters. The van der Waals surface area contributed by atoms with E-state index in [4.69, 9.17) is 0 Å². The van der Waals surface area contributed by atoms with Crippen LogP contribution in [0.2, 0.25) is 0 Å². The monoisotopic (exact) mass is 631 g/mol. The van der Waals surface area contributed by atoms with Gasteiger partial charge < -0.3 is 5.32 Å². The number of thiazole rings is 1. The Hall–Kier alpha value is -5.64. The predicted molar refractivity (Wildman–Crippen MR) is 173 cm³/mol. The molecule has 0 spiro atoms. The summed E-state index contributed by atoms with van der Waals surface area (Å²) in [4.78, 5) is 56.2. The Morgan fingerprint density at radius 3 is 2.33 bits per heavy atom. The van der Waals surface area contributed by atoms with Crippen molar-refractivity contribution in [1.82, 2.24) is 4.98 Å². The molecule has 220 valence electrons. The maximum absolute atomic E-state index is 12.9. The van der Waals surface area contributed by atoms with Crippen LogP contribution in [0.1, 0.15) is 37.4 Å². The average molecular weight is 632 g/mol. The highest BCUT2D eigenvalue weighted by atomic mass is 32.2. The first kappa shape index (κ1) is 29.4. The van der Waals surface area contributed by atoms with Crippen molar-refractivity contribution in [1.29, 1.82) is 5.26 Å². The summed E-state index contributed by atoms with van der Waals surface area (Å²) in [5.41, 5.74) is 4.05. The molecule has 1 aromatic heterocycles. The van der Waals surface area contributed by atoms with Gasteiger partial charge in [0.1, 0.15) is 11.6 Å². The van der Waals surface area contributed by atoms with E-state index >= 15 is 0 Å². The number of fused-ring (bicyclic) bond motifs is 2. The van der Waals surface area contributed by atoms with Crippen molar-refractivity contribution in [2.75, 3.05) is 10.2 Å². The number of benzene rings is 4. The molecular weight excluding hydrogens is 611 g/mol. The number of carbonyl (C=O) groups is 3. The van der Waals surface area contributed by atoms with Crippen LogP contribution in [-0.4, -0.2) is 27.6 Å². The largest absolute Gasteiger partial charge is 0.321 e. The van der Waals surface area contributed by atoms with Crippen molar-refractivity contribution >= 4 is 74.2 Å². The molecule has 6 rings (SSSR count). The second-order valence-corrected chi connectivity index (χ2v) is 12.5. The van der Waals surface area contributed by atoms with Gasteiger partial charge in [0, 0.05) is 11.8 Å². The number of nitro benzene ring substituents is 1. The second-order valence-electron chi connectivity index (χ2n) is 10.2. The van der Waals surface area contributed by atoms with Gasteiger partial charge in [-0.1, -0.05) is 36.0 Å². The van der Waals surface area contributed by atoms with Gasteiger partial charge in [-0.3, -0.25) is 24.5 Å². The van der Waals surface area contributed by atoms with Crippen molar-refractivity contribution in [3.8, 4) is 6.07 Å². The molecule has 12 heteroatoms. The number of hydrogen-bond acceptors (Lipinski definition) is 9. The number of nitrogens with one attached hydrogen (secondary N) is 1. The number of rotatable bonds is 7. The van der Waals surface area contributed by atoms with E-state index in [1.54, 1.807) is 66.7 Å². The lowest BCUT2D eigenvalue weighted by Gasteiger charge is -2.13. The topological polar surface area (TPSA) is 146 Å². The number of imide groups is 1. The zero-order chi connectivity index (χ0) is 31.8. The zero-order valence-electron chi connectivity index (χ0n) is 23.7. The number of nitrogens with zero attached hydrogens (tertiary/aromatic N) is 4. The van der Waals surface area contributed by atoms with Crippen LogP contribution in [0.5, 0.6) is 0 Å². The molecule has 0 bridgehead atoms. The molecule has 0 radical (unpaired) electrons. The first-order valence-corrected chi connectivity index (χ1v) is 15.1. The summed E-state index contributed by atoms with van der Waals surface area (Å²) < 4.78 is 1.21. The van der Waals surface area contributed by atoms with Gasteiger partial charge in [-0.25, -0.2) is 9.88 Å². The normalized spacial score (nSPS) is 12.7. The Morgan fingerprint density at radius 2 is 1.69 bits per heavy atom. The molecule has 0 aliphatic carbocycles. The van der Waals surface area contributed by atoms with Gasteiger partial charge in [0.05, 0.1) is 36.8 Å². The van der Waals surface area contributed by atoms with E-state index in [-0.39, 0.29) is 11.3 Å². The fourth-order valence-electron chi connectivity index (χ4n) is 5.01. The number of nitriles is 1. The highest BCUT2D eigenvalue weighted by molar-refractivity contribution is 8.01. The van der Waals surface area contributed by atoms with Crippen molar-refractivity contribution in [2.45, 2.75) is 23.1 Å². The van der Waals surface area contributed by atoms with Crippen LogP contribution in [0.4, 0.5) is 17.1 Å². The maximum atomic E-state index is 12.9. The smallest absolute Gasteiger partial charge is 0.283 e. The van der Waals surface area contributed by atoms with Crippen molar-refractivity contribution in [3.63, 3.8) is 0 Å². The predicted octanol–water partition coefficient (Wildman–Crippen LogP) is 7.32. The van der Waals surface area contributed by atoms with Crippen molar-refractivity contribution in [3.05, 3.63) is 122 Å². The van der Waals surface area contributed by atoms with E-state index < -0.39 is 22.6 Å². The third-order valence-electron chi connectivity index (χ3n) is 6.94. The van der Waals surface area contributed by atoms with Gasteiger partial charge >= 0.3 is 0 Å². The number of aromatic nitrogens is 1. The average Bonchev–Trinajstić information content (AvgIpc) is 3.52. The molecule has 1 N–H and O–H groups in total. The van der Waals surface area contributed by atoms with Crippen LogP contribution in [0.3, 0.4) is 0 Å². The van der Waals surface area contributed by atoms with E-state index in [9.17, 15) is 29.8 Å². The summed E-state index contributed by atoms with van der Waals surface area (Å²) in [7, 11) is 0. The van der Waals surface area contributed by atoms with E-state index in [0.717, 1.165) is 27.8 Å². The fraction of sp³-hybridized carbons (Fsp3) is 0.0606. The van der Waals surface area contributed by atoms with Gasteiger partial charge in [-0.05, 0) is 85.1 Å². The van der Waals surface area contributed by atoms with Gasteiger partial charge in [-0.2, -0.15) is 5.26 Å². The van der Waals surface area contributed by atoms with Crippen LogP contribution in [0.15, 0.2) is 93.7 Å². The van der Waals surface area contributed by atoms with Crippen molar-refractivity contribution < 1.29 is 19.3 Å². The molecular formula is C33H21N5O5S2. The quantitative estimate of drug-likeness (QED) is 0.0646. The Balaban J connectivity index is 1.24. The van der Waals surface area contributed by atoms with Crippen LogP contribution in [0, 0.1) is 35.3 Å². The zero-order valence-corrected chi connectivity index (χ0v) is 25.4. The summed E-state index contributed by atoms with van der Waals surface area (Å²) >= 11 is 2.36. The third-order valence-corrected chi connectivity index (χ3v) is 9.08. The standard InChI is InChI=1S/C33H21N5O5S2/c1-18-11-19(2)13-22(12-18)35-30(39)21(17-34)14-20-7-10-28(27(15-20)38(42)43)44-33-36-26-9-8-23(16-29(26)45-33)37-31(40)24-5-3-4-6-25(24)32(37)41/h3-16H,1-2H3,(H,35,39)/b21-14+. The Morgan fingerprint density at radius 1 is 1.00 bits per heavy atom. The molecule has 1 aliphatic heterocycles. The maximum Gasteiger partial charge on any atom is 0.283 e. The van der Waals surface area contributed by atoms with E-state index in [1.807, 2.05) is 26.0 Å². The molecule has 45 heavy (non-hydrogen) atoms. The third kappa shape index (κ3) is 5.82. The lowest BCUT2D eigenvalue weighted by molar-refractivity contribution is -0.387. The van der Waals surface area contributed by atoms with Gasteiger partial charge in [-0.15, -0.1) is 11.3 Å². The van der Waals surface area contributed by atoms with E-state index in [2.05, 4.69) is 10.3 Å². The minimum atomic E-state index is -0.626. The molecule has 5 aromatic rings. The fourth-order valence-corrected chi connectivity index (χ4v) is 7.15. The van der Waals surface area contributed by atoms with Crippen molar-refractivity contribution in [2.24, 2.45) is 0 Å². The summed E-state index contributed by atoms with van der Waals surface area (Å²) in [5.74, 6) is -1.43. The number of anilines is 2. The number of amides is 3. The number of carbonyl (C=O) groups excluding carboxylic acids is 3. The number of nitro groups is 1. The lowest BCUT2D eigenvalue weighted by atomic mass is 10.1. The molecule has 2 heterocycles. The molecule has 3 amide bonds. The minimum Gasteiger partial charge on any atom is -0.321 e. The van der Waals surface area contributed by atoms with E-state index in [0.29, 0.717) is 47.5 Å². The summed E-state index contributed by atoms with van der Waals surface area (Å²) in [6, 6.07) is 23.5. The Labute approximate surface area is 264 Å². The van der Waals surface area contributed by atoms with E-state index in [1.165, 1.54) is 23.5 Å². The molecule has 4 aromatic carbocycles. The van der Waals surface area contributed by atoms with Gasteiger partial charge in [0.25, 0.3) is 23.4 Å². The second kappa shape index (κ2) is 11.8. The molecule has 0 atom stereocenters. The van der Waals surface area contributed by atoms with Crippen LogP contribution < -0.4 is 10.2 Å². The molecule has 1 aliphatic rings. The highest BCUT2D eigenvalue weighted by Gasteiger charge is 2.36. The molecule has 0 fully saturated rings. The number of hydrogen-bond donors (Lipinski definition) is 1. The Bertz CT molecular complexity index is 2110. The number of aryl methyl sites for hydroxylation is 2. The minimum absolute atomic E-state index is 0.205. The summed E-state index contributed by atoms with van der Waals surface area (Å²) in [5, 5.41) is 24.4. The van der Waals surface area contributed by atoms with Gasteiger partial charge in [0.15, 0.2) is 4.34 Å². The first-order valence-electron chi connectivity index (χ1n) is 13.5. The summed E-state index contributed by atoms with van der Waals surface area (Å²) in [6.07, 6.45) is 1.30. The van der Waals surface area contributed by atoms with Crippen LogP contribution >= 0.6 is 23.1 Å². The van der Waals surface area contributed by atoms with Crippen LogP contribution in [-0.2, 0) is 4.79 Å². The molecule has 10 nitrogen and oxygen atoms in total. The molecule has 0 saturated carbocycles.